The van der Waals surface area contributed by atoms with Crippen molar-refractivity contribution in [1.82, 2.24) is 24.6 Å². The van der Waals surface area contributed by atoms with Crippen LogP contribution in [0.3, 0.4) is 0 Å². The molecule has 50 heavy (non-hydrogen) atoms. The van der Waals surface area contributed by atoms with Gasteiger partial charge >= 0.3 is 0 Å². The van der Waals surface area contributed by atoms with Gasteiger partial charge in [0.05, 0.1) is 16.8 Å². The maximum absolute atomic E-state index is 13.2. The van der Waals surface area contributed by atoms with Crippen molar-refractivity contribution in [2.45, 2.75) is 84.5 Å². The Morgan fingerprint density at radius 3 is 2.32 bits per heavy atom. The van der Waals surface area contributed by atoms with Crippen molar-refractivity contribution in [2.24, 2.45) is 7.05 Å². The second kappa shape index (κ2) is 13.2. The summed E-state index contributed by atoms with van der Waals surface area (Å²) in [5, 5.41) is 6.77. The predicted octanol–water partition coefficient (Wildman–Crippen LogP) is 8.26. The van der Waals surface area contributed by atoms with Gasteiger partial charge in [0.2, 0.25) is 11.8 Å². The average Bonchev–Trinajstić information content (AvgIpc) is 3.81. The van der Waals surface area contributed by atoms with Gasteiger partial charge in [0, 0.05) is 66.1 Å². The number of hydrogen-bond acceptors (Lipinski definition) is 7. The van der Waals surface area contributed by atoms with Crippen LogP contribution in [0.4, 0.5) is 0 Å². The molecule has 10 heteroatoms. The number of benzene rings is 3. The lowest BCUT2D eigenvalue weighted by Gasteiger charge is -2.35. The highest BCUT2D eigenvalue weighted by Crippen LogP contribution is 2.43. The van der Waals surface area contributed by atoms with Crippen LogP contribution in [0.25, 0.3) is 44.6 Å². The molecule has 2 saturated heterocycles. The van der Waals surface area contributed by atoms with Crippen LogP contribution in [0.5, 0.6) is 0 Å². The van der Waals surface area contributed by atoms with Gasteiger partial charge in [-0.2, -0.15) is 5.10 Å². The molecule has 0 saturated carbocycles. The van der Waals surface area contributed by atoms with Crippen molar-refractivity contribution in [3.63, 3.8) is 0 Å². The number of ether oxygens (including phenoxy) is 1. The summed E-state index contributed by atoms with van der Waals surface area (Å²) in [4.78, 5) is 34.6. The van der Waals surface area contributed by atoms with Crippen LogP contribution in [0.15, 0.2) is 52.9 Å². The van der Waals surface area contributed by atoms with Gasteiger partial charge in [-0.3, -0.25) is 19.2 Å². The number of likely N-dealkylation sites (tertiary alicyclic amines) is 2. The summed E-state index contributed by atoms with van der Waals surface area (Å²) in [7, 11) is 2.00. The number of carbonyl (C=O) groups is 2. The first-order valence-corrected chi connectivity index (χ1v) is 18.0. The molecule has 0 radical (unpaired) electrons. The summed E-state index contributed by atoms with van der Waals surface area (Å²) in [6, 6.07) is 16.3. The van der Waals surface area contributed by atoms with Gasteiger partial charge in [-0.25, -0.2) is 4.98 Å². The summed E-state index contributed by atoms with van der Waals surface area (Å²) in [5.74, 6) is 0.931. The highest BCUT2D eigenvalue weighted by molar-refractivity contribution is 6.30. The second-order valence-corrected chi connectivity index (χ2v) is 15.5. The molecule has 2 fully saturated rings. The van der Waals surface area contributed by atoms with Crippen LogP contribution in [-0.2, 0) is 21.4 Å². The Bertz CT molecular complexity index is 2090. The molecule has 0 unspecified atom stereocenters. The van der Waals surface area contributed by atoms with E-state index >= 15 is 0 Å². The number of aryl methyl sites for hydroxylation is 2. The zero-order valence-electron chi connectivity index (χ0n) is 30.0. The van der Waals surface area contributed by atoms with Crippen molar-refractivity contribution in [2.75, 3.05) is 26.2 Å². The molecule has 0 bridgehead atoms. The maximum atomic E-state index is 13.2. The van der Waals surface area contributed by atoms with E-state index in [2.05, 4.69) is 17.0 Å². The normalized spacial score (nSPS) is 18.4. The molecule has 2 aliphatic heterocycles. The number of aromatic nitrogens is 3. The minimum Gasteiger partial charge on any atom is -0.435 e. The Morgan fingerprint density at radius 1 is 0.980 bits per heavy atom. The number of carbonyl (C=O) groups excluding carboxylic acids is 2. The van der Waals surface area contributed by atoms with Crippen molar-refractivity contribution in [1.29, 1.82) is 0 Å². The summed E-state index contributed by atoms with van der Waals surface area (Å²) in [6.07, 6.45) is 2.30. The van der Waals surface area contributed by atoms with E-state index in [4.69, 9.17) is 30.8 Å². The number of hydrogen-bond donors (Lipinski definition) is 0. The largest absolute Gasteiger partial charge is 0.435 e. The van der Waals surface area contributed by atoms with Crippen molar-refractivity contribution < 1.29 is 18.7 Å². The van der Waals surface area contributed by atoms with E-state index in [9.17, 15) is 9.59 Å². The highest BCUT2D eigenvalue weighted by Gasteiger charge is 2.34. The maximum Gasteiger partial charge on any atom is 0.227 e. The first-order valence-electron chi connectivity index (χ1n) is 17.6. The lowest BCUT2D eigenvalue weighted by Crippen LogP contribution is -2.43. The smallest absolute Gasteiger partial charge is 0.227 e. The molecule has 0 N–H and O–H groups in total. The quantitative estimate of drug-likeness (QED) is 0.169. The molecule has 262 valence electrons. The Hall–Kier alpha value is -4.05. The van der Waals surface area contributed by atoms with Gasteiger partial charge in [0.25, 0.3) is 0 Å². The van der Waals surface area contributed by atoms with E-state index < -0.39 is 11.7 Å². The lowest BCUT2D eigenvalue weighted by atomic mass is 9.89. The number of rotatable bonds is 7. The molecule has 2 atom stereocenters. The van der Waals surface area contributed by atoms with Crippen LogP contribution in [0.1, 0.15) is 82.7 Å². The molecule has 9 nitrogen and oxygen atoms in total. The van der Waals surface area contributed by atoms with Crippen molar-refractivity contribution in [3.8, 4) is 22.6 Å². The fraction of sp³-hybridized carbons (Fsp3) is 0.450. The zero-order valence-corrected chi connectivity index (χ0v) is 30.8. The van der Waals surface area contributed by atoms with Crippen LogP contribution in [-0.4, -0.2) is 74.1 Å². The number of halogens is 1. The molecule has 4 heterocycles. The lowest BCUT2D eigenvalue weighted by molar-refractivity contribution is -0.138. The number of Topliss-reactive ketones (excluding diaryl/α,β-unsaturated/α-hetero) is 1. The summed E-state index contributed by atoms with van der Waals surface area (Å²) < 4.78 is 15.1. The fourth-order valence-electron chi connectivity index (χ4n) is 7.87. The molecule has 5 aromatic rings. The molecule has 7 rings (SSSR count). The zero-order chi connectivity index (χ0) is 35.5. The van der Waals surface area contributed by atoms with E-state index in [1.807, 2.05) is 80.7 Å². The van der Waals surface area contributed by atoms with Gasteiger partial charge < -0.3 is 14.1 Å². The van der Waals surface area contributed by atoms with Gasteiger partial charge in [-0.05, 0) is 114 Å². The molecule has 3 aromatic carbocycles. The highest BCUT2D eigenvalue weighted by atomic mass is 35.5. The van der Waals surface area contributed by atoms with E-state index in [0.717, 1.165) is 89.9 Å². The van der Waals surface area contributed by atoms with E-state index in [-0.39, 0.29) is 11.7 Å². The molecule has 0 spiro atoms. The first kappa shape index (κ1) is 34.4. The molecule has 1 amide bonds. The summed E-state index contributed by atoms with van der Waals surface area (Å²) >= 11 is 6.31. The monoisotopic (exact) mass is 695 g/mol. The molecule has 2 aliphatic rings. The van der Waals surface area contributed by atoms with Crippen molar-refractivity contribution in [3.05, 3.63) is 70.4 Å². The van der Waals surface area contributed by atoms with Gasteiger partial charge in [-0.15, -0.1) is 0 Å². The molecule has 0 aliphatic carbocycles. The Kier molecular flexibility index (Phi) is 9.12. The number of ketones is 1. The number of amides is 1. The number of fused-ring (bicyclic) bond motifs is 2. The predicted molar refractivity (Wildman–Crippen MR) is 197 cm³/mol. The molecular weight excluding hydrogens is 650 g/mol. The Balaban J connectivity index is 1.26. The number of oxazole rings is 1. The van der Waals surface area contributed by atoms with Crippen LogP contribution in [0.2, 0.25) is 5.02 Å². The first-order chi connectivity index (χ1) is 23.8. The van der Waals surface area contributed by atoms with Crippen LogP contribution in [0, 0.1) is 6.92 Å². The third kappa shape index (κ3) is 6.59. The van der Waals surface area contributed by atoms with Crippen LogP contribution >= 0.6 is 11.6 Å². The van der Waals surface area contributed by atoms with E-state index in [1.54, 1.807) is 13.8 Å². The number of piperidine rings is 1. The van der Waals surface area contributed by atoms with Gasteiger partial charge in [0.1, 0.15) is 11.6 Å². The Labute approximate surface area is 298 Å². The van der Waals surface area contributed by atoms with E-state index in [1.165, 1.54) is 0 Å². The molecular formula is C40H46ClN5O4. The van der Waals surface area contributed by atoms with E-state index in [0.29, 0.717) is 34.0 Å². The number of nitrogens with zero attached hydrogens (tertiary/aromatic N) is 5. The van der Waals surface area contributed by atoms with Gasteiger partial charge in [0.15, 0.2) is 11.4 Å². The molecule has 2 aromatic heterocycles. The second-order valence-electron chi connectivity index (χ2n) is 15.0. The third-order valence-corrected chi connectivity index (χ3v) is 10.6. The van der Waals surface area contributed by atoms with Crippen LogP contribution < -0.4 is 0 Å². The SMILES string of the molecule is CC(=O)[C@@H](OC(C)(C)C)c1c(C)cc2nc(-c3ccc4c(c3)c(C3CCN([C@@H]5CCN(C(C)=O)C5)CC3)nn4C)oc2c1-c1ccc(Cl)cc1. The van der Waals surface area contributed by atoms with Crippen molar-refractivity contribution >= 4 is 45.3 Å². The summed E-state index contributed by atoms with van der Waals surface area (Å²) in [6.45, 7) is 14.8. The minimum atomic E-state index is -0.791. The third-order valence-electron chi connectivity index (χ3n) is 10.3. The minimum absolute atomic E-state index is 0.0843. The fourth-order valence-corrected chi connectivity index (χ4v) is 7.99. The van der Waals surface area contributed by atoms with Gasteiger partial charge in [-0.1, -0.05) is 23.7 Å². The standard InChI is InChI=1S/C40H46ClN5O4/c1-23-20-32-38(35(26-8-11-29(41)12-9-26)34(23)37(24(2)47)50-40(4,5)6)49-39(42-32)28-10-13-33-31(21-28)36(43-44(33)7)27-14-17-45(18-15-27)30-16-19-46(22-30)25(3)48/h8-13,20-21,27,30,37H,14-19,22H2,1-7H3/t30-,37-/m1/s1. The Morgan fingerprint density at radius 2 is 1.68 bits per heavy atom. The summed E-state index contributed by atoms with van der Waals surface area (Å²) in [5.41, 5.74) is 7.12. The topological polar surface area (TPSA) is 93.7 Å². The average molecular weight is 696 g/mol.